The zero-order valence-corrected chi connectivity index (χ0v) is 14.6. The number of nitrogens with zero attached hydrogens (tertiary/aromatic N) is 2. The summed E-state index contributed by atoms with van der Waals surface area (Å²) >= 11 is 0. The molecule has 0 aliphatic carbocycles. The van der Waals surface area contributed by atoms with Gasteiger partial charge in [-0.3, -0.25) is 9.88 Å². The van der Waals surface area contributed by atoms with E-state index in [1.165, 1.54) is 0 Å². The van der Waals surface area contributed by atoms with E-state index in [9.17, 15) is 4.79 Å². The van der Waals surface area contributed by atoms with Crippen LogP contribution >= 0.6 is 0 Å². The Morgan fingerprint density at radius 1 is 1.29 bits per heavy atom. The third-order valence-electron chi connectivity index (χ3n) is 4.03. The molecule has 1 aliphatic rings. The highest BCUT2D eigenvalue weighted by Gasteiger charge is 2.26. The zero-order chi connectivity index (χ0) is 17.2. The van der Waals surface area contributed by atoms with Crippen molar-refractivity contribution in [1.82, 2.24) is 15.2 Å². The maximum Gasteiger partial charge on any atom is 0.407 e. The van der Waals surface area contributed by atoms with Crippen molar-refractivity contribution in [2.24, 2.45) is 0 Å². The van der Waals surface area contributed by atoms with E-state index in [-0.39, 0.29) is 12.1 Å². The maximum atomic E-state index is 11.9. The summed E-state index contributed by atoms with van der Waals surface area (Å²) < 4.78 is 5.32. The Hall–Kier alpha value is -2.14. The van der Waals surface area contributed by atoms with Crippen molar-refractivity contribution in [2.45, 2.75) is 45.4 Å². The second kappa shape index (κ2) is 6.77. The number of rotatable bonds is 3. The van der Waals surface area contributed by atoms with E-state index in [1.54, 1.807) is 0 Å². The van der Waals surface area contributed by atoms with Crippen LogP contribution < -0.4 is 5.32 Å². The number of nitrogens with one attached hydrogen (secondary N) is 1. The maximum absolute atomic E-state index is 11.9. The molecule has 5 nitrogen and oxygen atoms in total. The number of fused-ring (bicyclic) bond motifs is 1. The molecule has 1 atom stereocenters. The standard InChI is InChI=1S/C19H25N3O2/c1-19(2,3)24-18(23)21-16-10-11-22(13-16)12-15-9-8-14-6-4-5-7-17(14)20-15/h4-9,16H,10-13H2,1-3H3,(H,21,23)/t16-/m1/s1. The quantitative estimate of drug-likeness (QED) is 0.939. The number of benzene rings is 1. The molecular formula is C19H25N3O2. The Bertz CT molecular complexity index is 724. The molecule has 0 radical (unpaired) electrons. The molecule has 1 saturated heterocycles. The highest BCUT2D eigenvalue weighted by atomic mass is 16.6. The summed E-state index contributed by atoms with van der Waals surface area (Å²) in [6, 6.07) is 12.5. The van der Waals surface area contributed by atoms with Gasteiger partial charge in [-0.1, -0.05) is 24.3 Å². The van der Waals surface area contributed by atoms with Crippen LogP contribution in [0.3, 0.4) is 0 Å². The summed E-state index contributed by atoms with van der Waals surface area (Å²) in [7, 11) is 0. The van der Waals surface area contributed by atoms with E-state index in [4.69, 9.17) is 9.72 Å². The lowest BCUT2D eigenvalue weighted by atomic mass is 10.2. The number of para-hydroxylation sites is 1. The first-order valence-electron chi connectivity index (χ1n) is 8.46. The van der Waals surface area contributed by atoms with Gasteiger partial charge in [0.05, 0.1) is 11.2 Å². The molecule has 0 spiro atoms. The summed E-state index contributed by atoms with van der Waals surface area (Å²) in [6.45, 7) is 8.21. The minimum Gasteiger partial charge on any atom is -0.444 e. The van der Waals surface area contributed by atoms with Gasteiger partial charge in [-0.2, -0.15) is 0 Å². The Balaban J connectivity index is 1.54. The minimum absolute atomic E-state index is 0.139. The molecule has 2 heterocycles. The van der Waals surface area contributed by atoms with Crippen molar-refractivity contribution in [1.29, 1.82) is 0 Å². The molecule has 3 rings (SSSR count). The first-order valence-corrected chi connectivity index (χ1v) is 8.46. The molecule has 1 amide bonds. The van der Waals surface area contributed by atoms with Gasteiger partial charge in [0, 0.05) is 31.1 Å². The van der Waals surface area contributed by atoms with E-state index in [0.29, 0.717) is 0 Å². The van der Waals surface area contributed by atoms with Gasteiger partial charge in [0.2, 0.25) is 0 Å². The van der Waals surface area contributed by atoms with E-state index in [1.807, 2.05) is 39.0 Å². The van der Waals surface area contributed by atoms with Crippen molar-refractivity contribution in [3.05, 3.63) is 42.1 Å². The molecule has 128 valence electrons. The number of pyridine rings is 1. The number of ether oxygens (including phenoxy) is 1. The molecule has 5 heteroatoms. The summed E-state index contributed by atoms with van der Waals surface area (Å²) in [5.41, 5.74) is 1.63. The average Bonchev–Trinajstić information content (AvgIpc) is 2.92. The smallest absolute Gasteiger partial charge is 0.407 e. The molecule has 1 aromatic carbocycles. The first kappa shape index (κ1) is 16.7. The second-order valence-electron chi connectivity index (χ2n) is 7.36. The zero-order valence-electron chi connectivity index (χ0n) is 14.6. The van der Waals surface area contributed by atoms with Gasteiger partial charge >= 0.3 is 6.09 Å². The number of hydrogen-bond acceptors (Lipinski definition) is 4. The number of carbonyl (C=O) groups is 1. The molecule has 1 aliphatic heterocycles. The van der Waals surface area contributed by atoms with Crippen LogP contribution in [0.2, 0.25) is 0 Å². The molecular weight excluding hydrogens is 302 g/mol. The molecule has 1 aromatic heterocycles. The van der Waals surface area contributed by atoms with Gasteiger partial charge in [0.15, 0.2) is 0 Å². The number of likely N-dealkylation sites (tertiary alicyclic amines) is 1. The van der Waals surface area contributed by atoms with E-state index >= 15 is 0 Å². The fourth-order valence-corrected chi connectivity index (χ4v) is 2.99. The third-order valence-corrected chi connectivity index (χ3v) is 4.03. The molecule has 2 aromatic rings. The molecule has 24 heavy (non-hydrogen) atoms. The van der Waals surface area contributed by atoms with Gasteiger partial charge in [-0.25, -0.2) is 4.79 Å². The van der Waals surface area contributed by atoms with Crippen LogP contribution in [0.15, 0.2) is 36.4 Å². The molecule has 1 N–H and O–H groups in total. The number of hydrogen-bond donors (Lipinski definition) is 1. The topological polar surface area (TPSA) is 54.5 Å². The predicted octanol–water partition coefficient (Wildman–Crippen LogP) is 3.33. The Kier molecular flexibility index (Phi) is 4.71. The van der Waals surface area contributed by atoms with Crippen molar-refractivity contribution in [2.75, 3.05) is 13.1 Å². The predicted molar refractivity (Wildman–Crippen MR) is 94.8 cm³/mol. The van der Waals surface area contributed by atoms with Gasteiger partial charge < -0.3 is 10.1 Å². The lowest BCUT2D eigenvalue weighted by molar-refractivity contribution is 0.0505. The highest BCUT2D eigenvalue weighted by Crippen LogP contribution is 2.16. The normalized spacial score (nSPS) is 18.7. The SMILES string of the molecule is CC(C)(C)OC(=O)N[C@@H]1CCN(Cc2ccc3ccccc3n2)C1. The first-order chi connectivity index (χ1) is 11.4. The van der Waals surface area contributed by atoms with Gasteiger partial charge in [0.25, 0.3) is 0 Å². The lowest BCUT2D eigenvalue weighted by Gasteiger charge is -2.22. The Labute approximate surface area is 143 Å². The molecule has 0 bridgehead atoms. The van der Waals surface area contributed by atoms with Crippen LogP contribution in [-0.2, 0) is 11.3 Å². The van der Waals surface area contributed by atoms with Crippen LogP contribution in [0.5, 0.6) is 0 Å². The number of carbonyl (C=O) groups excluding carboxylic acids is 1. The fraction of sp³-hybridized carbons (Fsp3) is 0.474. The van der Waals surface area contributed by atoms with E-state index < -0.39 is 5.60 Å². The van der Waals surface area contributed by atoms with Crippen molar-refractivity contribution >= 4 is 17.0 Å². The molecule has 0 unspecified atom stereocenters. The summed E-state index contributed by atoms with van der Waals surface area (Å²) in [6.07, 6.45) is 0.602. The summed E-state index contributed by atoms with van der Waals surface area (Å²) in [4.78, 5) is 18.9. The number of amides is 1. The van der Waals surface area contributed by atoms with Crippen LogP contribution in [0.25, 0.3) is 10.9 Å². The Morgan fingerprint density at radius 3 is 2.88 bits per heavy atom. The van der Waals surface area contributed by atoms with Crippen molar-refractivity contribution in [3.63, 3.8) is 0 Å². The van der Waals surface area contributed by atoms with Crippen LogP contribution in [0.1, 0.15) is 32.9 Å². The van der Waals surface area contributed by atoms with Gasteiger partial charge in [-0.05, 0) is 39.3 Å². The van der Waals surface area contributed by atoms with Gasteiger partial charge in [0.1, 0.15) is 5.60 Å². The van der Waals surface area contributed by atoms with Crippen molar-refractivity contribution < 1.29 is 9.53 Å². The minimum atomic E-state index is -0.461. The van der Waals surface area contributed by atoms with E-state index in [0.717, 1.165) is 42.7 Å². The highest BCUT2D eigenvalue weighted by molar-refractivity contribution is 5.78. The van der Waals surface area contributed by atoms with Gasteiger partial charge in [-0.15, -0.1) is 0 Å². The van der Waals surface area contributed by atoms with E-state index in [2.05, 4.69) is 28.4 Å². The fourth-order valence-electron chi connectivity index (χ4n) is 2.99. The summed E-state index contributed by atoms with van der Waals surface area (Å²) in [5, 5.41) is 4.12. The second-order valence-corrected chi connectivity index (χ2v) is 7.36. The van der Waals surface area contributed by atoms with Crippen LogP contribution in [-0.4, -0.2) is 40.7 Å². The summed E-state index contributed by atoms with van der Waals surface area (Å²) in [5.74, 6) is 0. The average molecular weight is 327 g/mol. The lowest BCUT2D eigenvalue weighted by Crippen LogP contribution is -2.40. The Morgan fingerprint density at radius 2 is 2.08 bits per heavy atom. The monoisotopic (exact) mass is 327 g/mol. The largest absolute Gasteiger partial charge is 0.444 e. The number of alkyl carbamates (subject to hydrolysis) is 1. The van der Waals surface area contributed by atoms with Crippen molar-refractivity contribution in [3.8, 4) is 0 Å². The van der Waals surface area contributed by atoms with Crippen LogP contribution in [0, 0.1) is 0 Å². The van der Waals surface area contributed by atoms with Crippen LogP contribution in [0.4, 0.5) is 4.79 Å². The molecule has 1 fully saturated rings. The third kappa shape index (κ3) is 4.45. The number of aromatic nitrogens is 1. The molecule has 0 saturated carbocycles.